The highest BCUT2D eigenvalue weighted by molar-refractivity contribution is 5.89. The van der Waals surface area contributed by atoms with Gasteiger partial charge in [-0.1, -0.05) is 0 Å². The number of fused-ring (bicyclic) bond motifs is 1. The highest BCUT2D eigenvalue weighted by Gasteiger charge is 2.24. The Labute approximate surface area is 103 Å². The molecule has 0 aromatic carbocycles. The van der Waals surface area contributed by atoms with Crippen molar-refractivity contribution >= 4 is 22.8 Å². The van der Waals surface area contributed by atoms with Crippen LogP contribution in [0.2, 0.25) is 0 Å². The number of H-pyrrole nitrogens is 1. The molecule has 0 saturated carbocycles. The van der Waals surface area contributed by atoms with Crippen LogP contribution in [-0.2, 0) is 4.79 Å². The summed E-state index contributed by atoms with van der Waals surface area (Å²) in [4.78, 5) is 22.1. The number of nitrogens with one attached hydrogen (secondary N) is 2. The number of aryl methyl sites for hydroxylation is 1. The molecule has 2 aromatic heterocycles. The van der Waals surface area contributed by atoms with E-state index in [1.54, 1.807) is 0 Å². The lowest BCUT2D eigenvalue weighted by atomic mass is 10.2. The van der Waals surface area contributed by atoms with Crippen LogP contribution in [0, 0.1) is 6.92 Å². The Morgan fingerprint density at radius 3 is 2.83 bits per heavy atom. The molecule has 96 valence electrons. The molecular formula is C11H14N4O3. The van der Waals surface area contributed by atoms with Gasteiger partial charge in [0.2, 0.25) is 0 Å². The van der Waals surface area contributed by atoms with Crippen molar-refractivity contribution in [2.75, 3.05) is 5.32 Å². The number of rotatable bonds is 4. The van der Waals surface area contributed by atoms with E-state index < -0.39 is 18.1 Å². The summed E-state index contributed by atoms with van der Waals surface area (Å²) in [5.41, 5.74) is 1.53. The predicted molar refractivity (Wildman–Crippen MR) is 65.4 cm³/mol. The highest BCUT2D eigenvalue weighted by Crippen LogP contribution is 2.20. The average Bonchev–Trinajstić information content (AvgIpc) is 2.65. The lowest BCUT2D eigenvalue weighted by Gasteiger charge is -2.17. The predicted octanol–water partition coefficient (Wildman–Crippen LogP) is 0.512. The van der Waals surface area contributed by atoms with Gasteiger partial charge in [-0.2, -0.15) is 0 Å². The molecule has 0 saturated heterocycles. The average molecular weight is 250 g/mol. The van der Waals surface area contributed by atoms with Gasteiger partial charge in [-0.05, 0) is 19.9 Å². The third-order valence-electron chi connectivity index (χ3n) is 2.60. The van der Waals surface area contributed by atoms with Gasteiger partial charge < -0.3 is 20.5 Å². The van der Waals surface area contributed by atoms with Crippen LogP contribution in [-0.4, -0.2) is 43.3 Å². The SMILES string of the molecule is Cc1cc2c(NC(C(=O)O)C(C)O)ncnc2[nH]1. The number of aromatic amines is 1. The van der Waals surface area contributed by atoms with Crippen LogP contribution < -0.4 is 5.32 Å². The number of carboxylic acid groups (broad SMARTS) is 1. The van der Waals surface area contributed by atoms with E-state index in [0.717, 1.165) is 5.69 Å². The van der Waals surface area contributed by atoms with Gasteiger partial charge in [0.15, 0.2) is 6.04 Å². The lowest BCUT2D eigenvalue weighted by Crippen LogP contribution is -2.39. The third kappa shape index (κ3) is 2.25. The topological polar surface area (TPSA) is 111 Å². The first-order chi connectivity index (χ1) is 8.49. The number of aliphatic carboxylic acids is 1. The van der Waals surface area contributed by atoms with E-state index >= 15 is 0 Å². The highest BCUT2D eigenvalue weighted by atomic mass is 16.4. The Bertz CT molecular complexity index is 579. The van der Waals surface area contributed by atoms with Crippen molar-refractivity contribution in [1.29, 1.82) is 0 Å². The minimum atomic E-state index is -1.14. The molecule has 2 unspecified atom stereocenters. The molecule has 7 heteroatoms. The molecule has 2 aromatic rings. The summed E-state index contributed by atoms with van der Waals surface area (Å²) in [5.74, 6) is -0.748. The molecule has 2 heterocycles. The van der Waals surface area contributed by atoms with Crippen molar-refractivity contribution in [3.05, 3.63) is 18.1 Å². The first-order valence-electron chi connectivity index (χ1n) is 5.46. The lowest BCUT2D eigenvalue weighted by molar-refractivity contribution is -0.140. The van der Waals surface area contributed by atoms with Gasteiger partial charge in [0.1, 0.15) is 17.8 Å². The van der Waals surface area contributed by atoms with Gasteiger partial charge in [0, 0.05) is 5.69 Å². The zero-order valence-corrected chi connectivity index (χ0v) is 10.0. The minimum absolute atomic E-state index is 0.387. The number of anilines is 1. The molecule has 0 fully saturated rings. The van der Waals surface area contributed by atoms with Gasteiger partial charge >= 0.3 is 5.97 Å². The first kappa shape index (κ1) is 12.3. The number of aliphatic hydroxyl groups excluding tert-OH is 1. The number of carboxylic acids is 1. The summed E-state index contributed by atoms with van der Waals surface area (Å²) in [5, 5.41) is 21.8. The van der Waals surface area contributed by atoms with Gasteiger partial charge in [-0.15, -0.1) is 0 Å². The summed E-state index contributed by atoms with van der Waals surface area (Å²) in [6.07, 6.45) is 0.300. The Hall–Kier alpha value is -2.15. The van der Waals surface area contributed by atoms with Crippen LogP contribution >= 0.6 is 0 Å². The normalized spacial score (nSPS) is 14.4. The fourth-order valence-corrected chi connectivity index (χ4v) is 1.72. The van der Waals surface area contributed by atoms with Gasteiger partial charge in [0.05, 0.1) is 11.5 Å². The van der Waals surface area contributed by atoms with Gasteiger partial charge in [0.25, 0.3) is 0 Å². The molecule has 0 aliphatic rings. The molecule has 4 N–H and O–H groups in total. The summed E-state index contributed by atoms with van der Waals surface area (Å²) < 4.78 is 0. The molecule has 0 spiro atoms. The van der Waals surface area contributed by atoms with E-state index in [0.29, 0.717) is 16.9 Å². The summed E-state index contributed by atoms with van der Waals surface area (Å²) >= 11 is 0. The van der Waals surface area contributed by atoms with E-state index in [4.69, 9.17) is 5.11 Å². The molecule has 0 amide bonds. The Kier molecular flexibility index (Phi) is 3.15. The molecular weight excluding hydrogens is 236 g/mol. The Morgan fingerprint density at radius 2 is 2.22 bits per heavy atom. The van der Waals surface area contributed by atoms with Crippen LogP contribution in [0.25, 0.3) is 11.0 Å². The van der Waals surface area contributed by atoms with Crippen molar-refractivity contribution in [3.63, 3.8) is 0 Å². The second-order valence-corrected chi connectivity index (χ2v) is 4.14. The first-order valence-corrected chi connectivity index (χ1v) is 5.46. The molecule has 7 nitrogen and oxygen atoms in total. The van der Waals surface area contributed by atoms with Crippen molar-refractivity contribution in [3.8, 4) is 0 Å². The minimum Gasteiger partial charge on any atom is -0.480 e. The number of hydrogen-bond donors (Lipinski definition) is 4. The second-order valence-electron chi connectivity index (χ2n) is 4.14. The van der Waals surface area contributed by atoms with Gasteiger partial charge in [-0.25, -0.2) is 14.8 Å². The summed E-state index contributed by atoms with van der Waals surface area (Å²) in [6, 6.07) is 0.705. The Balaban J connectivity index is 2.39. The van der Waals surface area contributed by atoms with Crippen LogP contribution in [0.4, 0.5) is 5.82 Å². The van der Waals surface area contributed by atoms with E-state index in [9.17, 15) is 9.90 Å². The number of carbonyl (C=O) groups is 1. The van der Waals surface area contributed by atoms with Crippen molar-refractivity contribution < 1.29 is 15.0 Å². The van der Waals surface area contributed by atoms with Gasteiger partial charge in [-0.3, -0.25) is 0 Å². The largest absolute Gasteiger partial charge is 0.480 e. The number of nitrogens with zero attached hydrogens (tertiary/aromatic N) is 2. The van der Waals surface area contributed by atoms with Crippen molar-refractivity contribution in [2.45, 2.75) is 26.0 Å². The van der Waals surface area contributed by atoms with Crippen LogP contribution in [0.15, 0.2) is 12.4 Å². The van der Waals surface area contributed by atoms with Crippen LogP contribution in [0.1, 0.15) is 12.6 Å². The van der Waals surface area contributed by atoms with E-state index in [2.05, 4.69) is 20.3 Å². The maximum absolute atomic E-state index is 11.0. The molecule has 0 bridgehead atoms. The second kappa shape index (κ2) is 4.61. The number of aromatic nitrogens is 3. The van der Waals surface area contributed by atoms with E-state index in [1.165, 1.54) is 13.3 Å². The fraction of sp³-hybridized carbons (Fsp3) is 0.364. The third-order valence-corrected chi connectivity index (χ3v) is 2.60. The number of hydrogen-bond acceptors (Lipinski definition) is 5. The molecule has 2 atom stereocenters. The van der Waals surface area contributed by atoms with Crippen LogP contribution in [0.3, 0.4) is 0 Å². The molecule has 2 rings (SSSR count). The fourth-order valence-electron chi connectivity index (χ4n) is 1.72. The zero-order valence-electron chi connectivity index (χ0n) is 10.0. The van der Waals surface area contributed by atoms with E-state index in [-0.39, 0.29) is 0 Å². The molecule has 0 aliphatic carbocycles. The molecule has 0 radical (unpaired) electrons. The van der Waals surface area contributed by atoms with Crippen molar-refractivity contribution in [2.24, 2.45) is 0 Å². The monoisotopic (exact) mass is 250 g/mol. The smallest absolute Gasteiger partial charge is 0.328 e. The molecule has 0 aliphatic heterocycles. The summed E-state index contributed by atoms with van der Waals surface area (Å²) in [6.45, 7) is 3.28. The number of aliphatic hydroxyl groups is 1. The zero-order chi connectivity index (χ0) is 13.3. The maximum Gasteiger partial charge on any atom is 0.328 e. The maximum atomic E-state index is 11.0. The quantitative estimate of drug-likeness (QED) is 0.629. The van der Waals surface area contributed by atoms with E-state index in [1.807, 2.05) is 13.0 Å². The standard InChI is InChI=1S/C11H14N4O3/c1-5-3-7-9(14-5)12-4-13-10(7)15-8(6(2)16)11(17)18/h3-4,6,8,16H,1-2H3,(H,17,18)(H2,12,13,14,15). The van der Waals surface area contributed by atoms with Crippen molar-refractivity contribution in [1.82, 2.24) is 15.0 Å². The molecule has 18 heavy (non-hydrogen) atoms. The Morgan fingerprint density at radius 1 is 1.50 bits per heavy atom. The van der Waals surface area contributed by atoms with Crippen LogP contribution in [0.5, 0.6) is 0 Å². The summed E-state index contributed by atoms with van der Waals surface area (Å²) in [7, 11) is 0.